The molecule has 3 aliphatic heterocycles. The van der Waals surface area contributed by atoms with E-state index in [1.165, 1.54) is 12.1 Å². The predicted molar refractivity (Wildman–Crippen MR) is 81.9 cm³/mol. The van der Waals surface area contributed by atoms with E-state index in [0.717, 1.165) is 19.3 Å². The number of amides is 1. The van der Waals surface area contributed by atoms with Gasteiger partial charge in [0.25, 0.3) is 5.91 Å². The molecule has 6 nitrogen and oxygen atoms in total. The topological polar surface area (TPSA) is 68.2 Å². The van der Waals surface area contributed by atoms with Crippen molar-refractivity contribution in [1.29, 1.82) is 0 Å². The fourth-order valence-corrected chi connectivity index (χ4v) is 4.07. The van der Waals surface area contributed by atoms with Crippen LogP contribution in [-0.2, 0) is 11.3 Å². The molecule has 2 N–H and O–H groups in total. The van der Waals surface area contributed by atoms with E-state index in [-0.39, 0.29) is 18.1 Å². The summed E-state index contributed by atoms with van der Waals surface area (Å²) in [6.45, 7) is 1.12. The first-order valence-corrected chi connectivity index (χ1v) is 8.09. The summed E-state index contributed by atoms with van der Waals surface area (Å²) in [7, 11) is 0. The van der Waals surface area contributed by atoms with Crippen LogP contribution in [0.3, 0.4) is 0 Å². The molecule has 2 fully saturated rings. The van der Waals surface area contributed by atoms with Gasteiger partial charge >= 0.3 is 0 Å². The third-order valence-corrected chi connectivity index (χ3v) is 5.09. The summed E-state index contributed by atoms with van der Waals surface area (Å²) >= 11 is 0. The van der Waals surface area contributed by atoms with Gasteiger partial charge in [-0.05, 0) is 25.3 Å². The number of hydrogen-bond donors (Lipinski definition) is 2. The Kier molecular flexibility index (Phi) is 2.70. The molecule has 0 radical (unpaired) electrons. The number of carbonyl (C=O) groups is 1. The number of aromatic nitrogens is 2. The van der Waals surface area contributed by atoms with E-state index in [4.69, 9.17) is 4.74 Å². The third kappa shape index (κ3) is 1.96. The van der Waals surface area contributed by atoms with Crippen LogP contribution >= 0.6 is 0 Å². The zero-order valence-corrected chi connectivity index (χ0v) is 12.5. The van der Waals surface area contributed by atoms with E-state index in [9.17, 15) is 9.18 Å². The highest BCUT2D eigenvalue weighted by atomic mass is 19.1. The molecule has 3 unspecified atom stereocenters. The van der Waals surface area contributed by atoms with Crippen molar-refractivity contribution in [3.63, 3.8) is 0 Å². The Bertz CT molecular complexity index is 818. The van der Waals surface area contributed by atoms with Gasteiger partial charge in [-0.2, -0.15) is 0 Å². The van der Waals surface area contributed by atoms with Gasteiger partial charge < -0.3 is 19.9 Å². The summed E-state index contributed by atoms with van der Waals surface area (Å²) in [5.41, 5.74) is 1.57. The van der Waals surface area contributed by atoms with Crippen LogP contribution in [0.2, 0.25) is 0 Å². The lowest BCUT2D eigenvalue weighted by atomic mass is 9.96. The summed E-state index contributed by atoms with van der Waals surface area (Å²) in [5.74, 6) is 0.0106. The van der Waals surface area contributed by atoms with E-state index < -0.39 is 5.82 Å². The van der Waals surface area contributed by atoms with Crippen molar-refractivity contribution in [2.24, 2.45) is 0 Å². The monoisotopic (exact) mass is 316 g/mol. The number of benzene rings is 1. The standard InChI is InChI=1S/C16H17FN4O2/c17-8-5-10-14-12(6-8)20-16(21(14)4-3-18-15(10)22)19-11-7-9-1-2-13(11)23-9/h5-6,9,11,13H,1-4,7H2,(H,18,22)(H,19,20). The van der Waals surface area contributed by atoms with Crippen LogP contribution in [0.25, 0.3) is 11.0 Å². The number of carbonyl (C=O) groups excluding carboxylic acids is 1. The fourth-order valence-electron chi connectivity index (χ4n) is 4.07. The first kappa shape index (κ1) is 13.3. The molecule has 3 aliphatic rings. The minimum Gasteiger partial charge on any atom is -0.373 e. The molecule has 0 saturated carbocycles. The van der Waals surface area contributed by atoms with Gasteiger partial charge in [-0.3, -0.25) is 4.79 Å². The molecule has 3 atom stereocenters. The highest BCUT2D eigenvalue weighted by molar-refractivity contribution is 6.06. The summed E-state index contributed by atoms with van der Waals surface area (Å²) in [4.78, 5) is 16.7. The summed E-state index contributed by atoms with van der Waals surface area (Å²) < 4.78 is 21.7. The molecule has 4 heterocycles. The lowest BCUT2D eigenvalue weighted by molar-refractivity contribution is 0.0956. The van der Waals surface area contributed by atoms with E-state index in [1.54, 1.807) is 0 Å². The van der Waals surface area contributed by atoms with Gasteiger partial charge in [0, 0.05) is 19.2 Å². The Morgan fingerprint density at radius 2 is 2.30 bits per heavy atom. The van der Waals surface area contributed by atoms with Crippen molar-refractivity contribution in [2.75, 3.05) is 11.9 Å². The SMILES string of the molecule is O=C1NCCn2c(NC3CC4CCC3O4)nc3cc(F)cc1c32. The maximum atomic E-state index is 13.8. The maximum Gasteiger partial charge on any atom is 0.253 e. The smallest absolute Gasteiger partial charge is 0.253 e. The highest BCUT2D eigenvalue weighted by Crippen LogP contribution is 2.36. The molecule has 1 amide bonds. The van der Waals surface area contributed by atoms with Crippen LogP contribution in [0.1, 0.15) is 29.6 Å². The molecule has 120 valence electrons. The lowest BCUT2D eigenvalue weighted by Crippen LogP contribution is -2.32. The second-order valence-corrected chi connectivity index (χ2v) is 6.52. The number of ether oxygens (including phenoxy) is 1. The second-order valence-electron chi connectivity index (χ2n) is 6.52. The number of nitrogens with zero attached hydrogens (tertiary/aromatic N) is 2. The van der Waals surface area contributed by atoms with Crippen molar-refractivity contribution in [2.45, 2.75) is 44.1 Å². The predicted octanol–water partition coefficient (Wildman–Crippen LogP) is 1.65. The summed E-state index contributed by atoms with van der Waals surface area (Å²) in [6.07, 6.45) is 3.76. The number of anilines is 1. The molecule has 1 aromatic heterocycles. The van der Waals surface area contributed by atoms with Gasteiger partial charge in [-0.15, -0.1) is 0 Å². The molecular formula is C16H17FN4O2. The number of rotatable bonds is 2. The zero-order chi connectivity index (χ0) is 15.6. The average molecular weight is 316 g/mol. The Hall–Kier alpha value is -2.15. The van der Waals surface area contributed by atoms with Crippen LogP contribution in [0.4, 0.5) is 10.3 Å². The Balaban J connectivity index is 1.60. The molecule has 0 aliphatic carbocycles. The van der Waals surface area contributed by atoms with Crippen molar-refractivity contribution in [3.05, 3.63) is 23.5 Å². The van der Waals surface area contributed by atoms with Crippen LogP contribution in [0, 0.1) is 5.82 Å². The van der Waals surface area contributed by atoms with Crippen LogP contribution in [-0.4, -0.2) is 40.3 Å². The second kappa shape index (κ2) is 4.67. The van der Waals surface area contributed by atoms with Gasteiger partial charge in [0.05, 0.1) is 34.8 Å². The van der Waals surface area contributed by atoms with E-state index in [2.05, 4.69) is 15.6 Å². The van der Waals surface area contributed by atoms with E-state index in [1.807, 2.05) is 4.57 Å². The first-order valence-electron chi connectivity index (χ1n) is 8.09. The van der Waals surface area contributed by atoms with Gasteiger partial charge in [0.15, 0.2) is 0 Å². The Morgan fingerprint density at radius 3 is 3.09 bits per heavy atom. The van der Waals surface area contributed by atoms with E-state index in [0.29, 0.717) is 41.7 Å². The Morgan fingerprint density at radius 1 is 1.39 bits per heavy atom. The molecule has 2 bridgehead atoms. The summed E-state index contributed by atoms with van der Waals surface area (Å²) in [6, 6.07) is 2.91. The van der Waals surface area contributed by atoms with Crippen LogP contribution < -0.4 is 10.6 Å². The van der Waals surface area contributed by atoms with Crippen molar-refractivity contribution >= 4 is 22.9 Å². The number of nitrogens with one attached hydrogen (secondary N) is 2. The van der Waals surface area contributed by atoms with Crippen molar-refractivity contribution in [1.82, 2.24) is 14.9 Å². The quantitative estimate of drug-likeness (QED) is 0.884. The van der Waals surface area contributed by atoms with E-state index >= 15 is 0 Å². The van der Waals surface area contributed by atoms with Gasteiger partial charge in [0.2, 0.25) is 5.95 Å². The molecular weight excluding hydrogens is 299 g/mol. The molecule has 5 rings (SSSR count). The largest absolute Gasteiger partial charge is 0.373 e. The molecule has 7 heteroatoms. The number of halogens is 1. The van der Waals surface area contributed by atoms with Crippen molar-refractivity contribution < 1.29 is 13.9 Å². The minimum atomic E-state index is -0.441. The highest BCUT2D eigenvalue weighted by Gasteiger charge is 2.41. The molecule has 0 spiro atoms. The van der Waals surface area contributed by atoms with Gasteiger partial charge in [-0.25, -0.2) is 9.37 Å². The third-order valence-electron chi connectivity index (χ3n) is 5.09. The normalized spacial score (nSPS) is 28.9. The fraction of sp³-hybridized carbons (Fsp3) is 0.500. The van der Waals surface area contributed by atoms with Crippen molar-refractivity contribution in [3.8, 4) is 0 Å². The molecule has 1 aromatic carbocycles. The van der Waals surface area contributed by atoms with Crippen LogP contribution in [0.15, 0.2) is 12.1 Å². The number of hydrogen-bond acceptors (Lipinski definition) is 4. The number of fused-ring (bicyclic) bond motifs is 2. The Labute approximate surface area is 132 Å². The summed E-state index contributed by atoms with van der Waals surface area (Å²) in [5, 5.41) is 6.28. The van der Waals surface area contributed by atoms with Crippen LogP contribution in [0.5, 0.6) is 0 Å². The molecule has 2 saturated heterocycles. The molecule has 23 heavy (non-hydrogen) atoms. The lowest BCUT2D eigenvalue weighted by Gasteiger charge is -2.21. The van der Waals surface area contributed by atoms with Gasteiger partial charge in [-0.1, -0.05) is 0 Å². The zero-order valence-electron chi connectivity index (χ0n) is 12.5. The average Bonchev–Trinajstić information content (AvgIpc) is 3.18. The van der Waals surface area contributed by atoms with Gasteiger partial charge in [0.1, 0.15) is 5.82 Å². The maximum absolute atomic E-state index is 13.8. The minimum absolute atomic E-state index is 0.231. The first-order chi connectivity index (χ1) is 11.2. The number of imidazole rings is 1. The molecule has 2 aromatic rings.